The van der Waals surface area contributed by atoms with E-state index in [-0.39, 0.29) is 12.5 Å². The van der Waals surface area contributed by atoms with Gasteiger partial charge in [0.25, 0.3) is 5.91 Å². The number of nitrogens with zero attached hydrogens (tertiary/aromatic N) is 1. The second-order valence-corrected chi connectivity index (χ2v) is 6.20. The van der Waals surface area contributed by atoms with E-state index in [1.165, 1.54) is 0 Å². The summed E-state index contributed by atoms with van der Waals surface area (Å²) in [6.45, 7) is 1.21. The number of para-hydroxylation sites is 1. The number of benzene rings is 2. The van der Waals surface area contributed by atoms with Gasteiger partial charge in [0.05, 0.1) is 11.5 Å². The highest BCUT2D eigenvalue weighted by atomic mass is 16.5. The first-order chi connectivity index (χ1) is 12.1. The lowest BCUT2D eigenvalue weighted by atomic mass is 9.97. The molecule has 5 heteroatoms. The molecule has 1 saturated heterocycles. The summed E-state index contributed by atoms with van der Waals surface area (Å²) in [4.78, 5) is 25.7. The van der Waals surface area contributed by atoms with Crippen molar-refractivity contribution in [2.45, 2.75) is 19.4 Å². The van der Waals surface area contributed by atoms with Gasteiger partial charge in [-0.3, -0.25) is 9.59 Å². The number of ether oxygens (including phenoxy) is 1. The van der Waals surface area contributed by atoms with E-state index in [4.69, 9.17) is 4.74 Å². The number of aliphatic carboxylic acids is 1. The molecule has 0 aromatic heterocycles. The number of carboxylic acids is 1. The second-order valence-electron chi connectivity index (χ2n) is 6.20. The summed E-state index contributed by atoms with van der Waals surface area (Å²) in [6, 6.07) is 16.9. The van der Waals surface area contributed by atoms with Gasteiger partial charge in [-0.25, -0.2) is 0 Å². The predicted octanol–water partition coefficient (Wildman–Crippen LogP) is 3.20. The minimum absolute atomic E-state index is 0.172. The number of hydrogen-bond donors (Lipinski definition) is 1. The van der Waals surface area contributed by atoms with Crippen molar-refractivity contribution in [1.82, 2.24) is 4.90 Å². The summed E-state index contributed by atoms with van der Waals surface area (Å²) < 4.78 is 5.85. The zero-order chi connectivity index (χ0) is 17.6. The number of piperidine rings is 1. The Kier molecular flexibility index (Phi) is 5.33. The number of hydrogen-bond acceptors (Lipinski definition) is 3. The summed E-state index contributed by atoms with van der Waals surface area (Å²) >= 11 is 0. The normalized spacial score (nSPS) is 17.1. The lowest BCUT2D eigenvalue weighted by Gasteiger charge is -2.31. The quantitative estimate of drug-likeness (QED) is 0.908. The average Bonchev–Trinajstić information content (AvgIpc) is 2.67. The maximum Gasteiger partial charge on any atom is 0.308 e. The van der Waals surface area contributed by atoms with Crippen LogP contribution in [0.1, 0.15) is 28.8 Å². The van der Waals surface area contributed by atoms with Crippen molar-refractivity contribution in [3.63, 3.8) is 0 Å². The van der Waals surface area contributed by atoms with E-state index >= 15 is 0 Å². The van der Waals surface area contributed by atoms with E-state index in [9.17, 15) is 14.7 Å². The molecule has 3 rings (SSSR count). The highest BCUT2D eigenvalue weighted by molar-refractivity contribution is 5.97. The molecular formula is C20H21NO4. The van der Waals surface area contributed by atoms with Gasteiger partial charge in [-0.15, -0.1) is 0 Å². The molecule has 1 heterocycles. The van der Waals surface area contributed by atoms with E-state index in [0.29, 0.717) is 37.3 Å². The van der Waals surface area contributed by atoms with Crippen molar-refractivity contribution in [3.05, 3.63) is 65.7 Å². The Morgan fingerprint density at radius 1 is 1.08 bits per heavy atom. The van der Waals surface area contributed by atoms with Crippen LogP contribution in [0.3, 0.4) is 0 Å². The summed E-state index contributed by atoms with van der Waals surface area (Å²) in [6.07, 6.45) is 1.32. The van der Waals surface area contributed by atoms with Crippen LogP contribution in [0.4, 0.5) is 0 Å². The fraction of sp³-hybridized carbons (Fsp3) is 0.300. The van der Waals surface area contributed by atoms with Crippen molar-refractivity contribution < 1.29 is 19.4 Å². The van der Waals surface area contributed by atoms with Gasteiger partial charge in [0.2, 0.25) is 0 Å². The third-order valence-corrected chi connectivity index (χ3v) is 4.41. The van der Waals surface area contributed by atoms with E-state index in [2.05, 4.69) is 0 Å². The molecule has 0 aliphatic carbocycles. The molecule has 0 spiro atoms. The molecule has 2 aromatic carbocycles. The smallest absolute Gasteiger partial charge is 0.308 e. The zero-order valence-electron chi connectivity index (χ0n) is 13.9. The van der Waals surface area contributed by atoms with E-state index < -0.39 is 11.9 Å². The first-order valence-electron chi connectivity index (χ1n) is 8.43. The van der Waals surface area contributed by atoms with Crippen LogP contribution in [0.2, 0.25) is 0 Å². The summed E-state index contributed by atoms with van der Waals surface area (Å²) in [5.41, 5.74) is 1.50. The molecule has 0 radical (unpaired) electrons. The number of carbonyl (C=O) groups is 2. The lowest BCUT2D eigenvalue weighted by Crippen LogP contribution is -2.42. The third kappa shape index (κ3) is 4.18. The van der Waals surface area contributed by atoms with Gasteiger partial charge in [0.1, 0.15) is 12.4 Å². The topological polar surface area (TPSA) is 66.8 Å². The third-order valence-electron chi connectivity index (χ3n) is 4.41. The molecule has 1 aliphatic rings. The molecule has 1 N–H and O–H groups in total. The highest BCUT2D eigenvalue weighted by Crippen LogP contribution is 2.24. The van der Waals surface area contributed by atoms with Crippen LogP contribution in [-0.2, 0) is 11.4 Å². The van der Waals surface area contributed by atoms with Crippen LogP contribution in [0.5, 0.6) is 5.75 Å². The van der Waals surface area contributed by atoms with Crippen LogP contribution in [0.15, 0.2) is 54.6 Å². The predicted molar refractivity (Wildman–Crippen MR) is 93.5 cm³/mol. The molecule has 1 aliphatic heterocycles. The van der Waals surface area contributed by atoms with Gasteiger partial charge in [0.15, 0.2) is 0 Å². The fourth-order valence-electron chi connectivity index (χ4n) is 3.04. The Morgan fingerprint density at radius 3 is 2.56 bits per heavy atom. The van der Waals surface area contributed by atoms with Gasteiger partial charge in [0, 0.05) is 13.1 Å². The zero-order valence-corrected chi connectivity index (χ0v) is 13.9. The first-order valence-corrected chi connectivity index (χ1v) is 8.43. The molecule has 1 atom stereocenters. The van der Waals surface area contributed by atoms with Crippen molar-refractivity contribution in [3.8, 4) is 5.75 Å². The number of likely N-dealkylation sites (tertiary alicyclic amines) is 1. The number of carbonyl (C=O) groups excluding carboxylic acids is 1. The molecule has 0 bridgehead atoms. The monoisotopic (exact) mass is 339 g/mol. The molecule has 0 saturated carbocycles. The largest absolute Gasteiger partial charge is 0.488 e. The van der Waals surface area contributed by atoms with E-state index in [1.807, 2.05) is 36.4 Å². The molecule has 130 valence electrons. The Labute approximate surface area is 146 Å². The Hall–Kier alpha value is -2.82. The van der Waals surface area contributed by atoms with Gasteiger partial charge in [-0.05, 0) is 30.5 Å². The van der Waals surface area contributed by atoms with E-state index in [0.717, 1.165) is 5.56 Å². The molecular weight excluding hydrogens is 318 g/mol. The molecule has 1 fully saturated rings. The summed E-state index contributed by atoms with van der Waals surface area (Å²) in [5.74, 6) is -0.982. The van der Waals surface area contributed by atoms with Crippen LogP contribution < -0.4 is 4.74 Å². The van der Waals surface area contributed by atoms with Crippen LogP contribution in [0, 0.1) is 5.92 Å². The van der Waals surface area contributed by atoms with Crippen LogP contribution in [-0.4, -0.2) is 35.0 Å². The van der Waals surface area contributed by atoms with Crippen LogP contribution >= 0.6 is 0 Å². The van der Waals surface area contributed by atoms with Crippen molar-refractivity contribution in [1.29, 1.82) is 0 Å². The molecule has 2 aromatic rings. The van der Waals surface area contributed by atoms with Crippen molar-refractivity contribution in [2.24, 2.45) is 5.92 Å². The number of amides is 1. The Balaban J connectivity index is 1.73. The Bertz CT molecular complexity index is 744. The maximum atomic E-state index is 12.9. The minimum Gasteiger partial charge on any atom is -0.488 e. The van der Waals surface area contributed by atoms with Gasteiger partial charge >= 0.3 is 5.97 Å². The van der Waals surface area contributed by atoms with Gasteiger partial charge in [-0.2, -0.15) is 0 Å². The molecule has 1 unspecified atom stereocenters. The van der Waals surface area contributed by atoms with Gasteiger partial charge < -0.3 is 14.7 Å². The summed E-state index contributed by atoms with van der Waals surface area (Å²) in [5, 5.41) is 9.21. The summed E-state index contributed by atoms with van der Waals surface area (Å²) in [7, 11) is 0. The maximum absolute atomic E-state index is 12.9. The number of carboxylic acid groups (broad SMARTS) is 1. The molecule has 25 heavy (non-hydrogen) atoms. The minimum atomic E-state index is -0.842. The average molecular weight is 339 g/mol. The van der Waals surface area contributed by atoms with Crippen LogP contribution in [0.25, 0.3) is 0 Å². The number of rotatable bonds is 5. The highest BCUT2D eigenvalue weighted by Gasteiger charge is 2.29. The van der Waals surface area contributed by atoms with Crippen molar-refractivity contribution >= 4 is 11.9 Å². The van der Waals surface area contributed by atoms with E-state index in [1.54, 1.807) is 23.1 Å². The SMILES string of the molecule is O=C(O)C1CCCN(C(=O)c2ccccc2OCc2ccccc2)C1. The van der Waals surface area contributed by atoms with Crippen molar-refractivity contribution in [2.75, 3.05) is 13.1 Å². The lowest BCUT2D eigenvalue weighted by molar-refractivity contribution is -0.143. The Morgan fingerprint density at radius 2 is 1.80 bits per heavy atom. The first kappa shape index (κ1) is 17.0. The van der Waals surface area contributed by atoms with Gasteiger partial charge in [-0.1, -0.05) is 42.5 Å². The standard InChI is InChI=1S/C20H21NO4/c22-19(21-12-6-9-16(13-21)20(23)24)17-10-4-5-11-18(17)25-14-15-7-2-1-3-8-15/h1-5,7-8,10-11,16H,6,9,12-14H2,(H,23,24). The molecule has 1 amide bonds. The fourth-order valence-corrected chi connectivity index (χ4v) is 3.04. The molecule has 5 nitrogen and oxygen atoms in total. The second kappa shape index (κ2) is 7.83.